The van der Waals surface area contributed by atoms with Crippen LogP contribution in [0.1, 0.15) is 18.4 Å². The molecule has 0 fully saturated rings. The number of rotatable bonds is 8. The minimum atomic E-state index is -3.60. The van der Waals surface area contributed by atoms with Crippen LogP contribution in [-0.4, -0.2) is 40.5 Å². The Morgan fingerprint density at radius 3 is 2.60 bits per heavy atom. The molecule has 1 aromatic rings. The summed E-state index contributed by atoms with van der Waals surface area (Å²) in [6.45, 7) is 1.25. The fourth-order valence-electron chi connectivity index (χ4n) is 1.72. The second kappa shape index (κ2) is 7.68. The quantitative estimate of drug-likeness (QED) is 0.700. The van der Waals surface area contributed by atoms with E-state index in [-0.39, 0.29) is 17.0 Å². The lowest BCUT2D eigenvalue weighted by atomic mass is 10.2. The van der Waals surface area contributed by atoms with Crippen molar-refractivity contribution in [3.8, 4) is 0 Å². The Morgan fingerprint density at radius 1 is 1.30 bits per heavy atom. The highest BCUT2D eigenvalue weighted by atomic mass is 32.2. The fourth-order valence-corrected chi connectivity index (χ4v) is 2.84. The van der Waals surface area contributed by atoms with Gasteiger partial charge in [0.1, 0.15) is 5.82 Å². The normalized spacial score (nSPS) is 12.1. The van der Waals surface area contributed by atoms with Crippen LogP contribution >= 0.6 is 0 Å². The molecule has 0 atom stereocenters. The van der Waals surface area contributed by atoms with Crippen LogP contribution in [0.4, 0.5) is 4.39 Å². The zero-order chi connectivity index (χ0) is 15.2. The van der Waals surface area contributed by atoms with Crippen molar-refractivity contribution in [1.82, 2.24) is 9.62 Å². The van der Waals surface area contributed by atoms with Crippen molar-refractivity contribution in [2.75, 3.05) is 27.2 Å². The van der Waals surface area contributed by atoms with Gasteiger partial charge in [0.05, 0.1) is 4.90 Å². The molecule has 0 amide bonds. The van der Waals surface area contributed by atoms with Crippen molar-refractivity contribution in [1.29, 1.82) is 0 Å². The molecule has 0 aromatic heterocycles. The van der Waals surface area contributed by atoms with Gasteiger partial charge < -0.3 is 10.6 Å². The minimum absolute atomic E-state index is 0.0297. The van der Waals surface area contributed by atoms with Crippen LogP contribution in [-0.2, 0) is 16.6 Å². The molecular formula is C13H22FN3O2S. The number of nitrogens with zero attached hydrogens (tertiary/aromatic N) is 1. The summed E-state index contributed by atoms with van der Waals surface area (Å²) in [6.07, 6.45) is 1.66. The van der Waals surface area contributed by atoms with Gasteiger partial charge >= 0.3 is 0 Å². The van der Waals surface area contributed by atoms with E-state index in [0.29, 0.717) is 6.54 Å². The summed E-state index contributed by atoms with van der Waals surface area (Å²) < 4.78 is 39.8. The lowest BCUT2D eigenvalue weighted by Crippen LogP contribution is -2.26. The Hall–Kier alpha value is -1.02. The maximum Gasteiger partial charge on any atom is 0.240 e. The van der Waals surface area contributed by atoms with E-state index in [1.165, 1.54) is 12.1 Å². The molecule has 20 heavy (non-hydrogen) atoms. The number of sulfonamides is 1. The lowest BCUT2D eigenvalue weighted by Gasteiger charge is -2.10. The summed E-state index contributed by atoms with van der Waals surface area (Å²) in [4.78, 5) is 2.09. The highest BCUT2D eigenvalue weighted by molar-refractivity contribution is 7.89. The molecule has 1 aromatic carbocycles. The van der Waals surface area contributed by atoms with Gasteiger partial charge in [0, 0.05) is 18.7 Å². The minimum Gasteiger partial charge on any atom is -0.326 e. The molecule has 0 aliphatic rings. The molecule has 0 saturated heterocycles. The summed E-state index contributed by atoms with van der Waals surface area (Å²) in [5.41, 5.74) is 5.57. The number of nitrogens with one attached hydrogen (secondary N) is 1. The van der Waals surface area contributed by atoms with Crippen molar-refractivity contribution >= 4 is 10.0 Å². The molecule has 0 heterocycles. The number of hydrogen-bond acceptors (Lipinski definition) is 4. The predicted octanol–water partition coefficient (Wildman–Crippen LogP) is 0.905. The van der Waals surface area contributed by atoms with Crippen molar-refractivity contribution < 1.29 is 12.8 Å². The van der Waals surface area contributed by atoms with E-state index in [1.54, 1.807) is 0 Å². The largest absolute Gasteiger partial charge is 0.326 e. The molecule has 5 nitrogen and oxygen atoms in total. The Bertz CT molecular complexity index is 532. The Labute approximate surface area is 120 Å². The van der Waals surface area contributed by atoms with Crippen LogP contribution in [0, 0.1) is 5.82 Å². The molecule has 114 valence electrons. The van der Waals surface area contributed by atoms with Crippen LogP contribution in [0.5, 0.6) is 0 Å². The zero-order valence-electron chi connectivity index (χ0n) is 11.9. The van der Waals surface area contributed by atoms with Gasteiger partial charge in [-0.2, -0.15) is 0 Å². The van der Waals surface area contributed by atoms with Crippen LogP contribution < -0.4 is 10.5 Å². The third kappa shape index (κ3) is 5.16. The number of unbranched alkanes of at least 4 members (excludes halogenated alkanes) is 1. The van der Waals surface area contributed by atoms with E-state index >= 15 is 0 Å². The highest BCUT2D eigenvalue weighted by Gasteiger charge is 2.15. The second-order valence-electron chi connectivity index (χ2n) is 4.87. The summed E-state index contributed by atoms with van der Waals surface area (Å²) in [6, 6.07) is 3.65. The summed E-state index contributed by atoms with van der Waals surface area (Å²) in [5, 5.41) is 0. The molecule has 0 bridgehead atoms. The van der Waals surface area contributed by atoms with Gasteiger partial charge in [-0.05, 0) is 51.7 Å². The van der Waals surface area contributed by atoms with E-state index in [9.17, 15) is 12.8 Å². The van der Waals surface area contributed by atoms with E-state index in [2.05, 4.69) is 4.72 Å². The first kappa shape index (κ1) is 17.0. The predicted molar refractivity (Wildman–Crippen MR) is 77.3 cm³/mol. The molecule has 0 saturated carbocycles. The van der Waals surface area contributed by atoms with Crippen LogP contribution in [0.3, 0.4) is 0 Å². The Balaban J connectivity index is 2.60. The third-order valence-corrected chi connectivity index (χ3v) is 4.33. The Morgan fingerprint density at radius 2 is 2.00 bits per heavy atom. The van der Waals surface area contributed by atoms with Crippen LogP contribution in [0.25, 0.3) is 0 Å². The molecule has 0 aliphatic carbocycles. The van der Waals surface area contributed by atoms with Crippen molar-refractivity contribution in [2.24, 2.45) is 5.73 Å². The zero-order valence-corrected chi connectivity index (χ0v) is 12.7. The molecule has 7 heteroatoms. The SMILES string of the molecule is CN(C)CCCCNS(=O)(=O)c1ccc(F)c(CN)c1. The second-order valence-corrected chi connectivity index (χ2v) is 6.63. The van der Waals surface area contributed by atoms with E-state index < -0.39 is 15.8 Å². The van der Waals surface area contributed by atoms with Gasteiger partial charge in [-0.25, -0.2) is 17.5 Å². The standard InChI is InChI=1S/C13H22FN3O2S/c1-17(2)8-4-3-7-16-20(18,19)12-5-6-13(14)11(9-12)10-15/h5-6,9,16H,3-4,7-8,10,15H2,1-2H3. The molecule has 0 unspecified atom stereocenters. The first-order valence-corrected chi connectivity index (χ1v) is 7.98. The van der Waals surface area contributed by atoms with Crippen molar-refractivity contribution in [3.05, 3.63) is 29.6 Å². The lowest BCUT2D eigenvalue weighted by molar-refractivity contribution is 0.394. The summed E-state index contributed by atoms with van der Waals surface area (Å²) >= 11 is 0. The number of benzene rings is 1. The van der Waals surface area contributed by atoms with Crippen LogP contribution in [0.15, 0.2) is 23.1 Å². The average molecular weight is 303 g/mol. The number of hydrogen-bond donors (Lipinski definition) is 2. The van der Waals surface area contributed by atoms with Gasteiger partial charge in [-0.3, -0.25) is 0 Å². The van der Waals surface area contributed by atoms with Gasteiger partial charge in [0.25, 0.3) is 0 Å². The molecular weight excluding hydrogens is 281 g/mol. The highest BCUT2D eigenvalue weighted by Crippen LogP contribution is 2.14. The fraction of sp³-hybridized carbons (Fsp3) is 0.538. The van der Waals surface area contributed by atoms with Gasteiger partial charge in [-0.1, -0.05) is 0 Å². The monoisotopic (exact) mass is 303 g/mol. The number of halogens is 1. The van der Waals surface area contributed by atoms with E-state index in [0.717, 1.165) is 25.5 Å². The molecule has 1 rings (SSSR count). The molecule has 0 radical (unpaired) electrons. The smallest absolute Gasteiger partial charge is 0.240 e. The number of nitrogens with two attached hydrogens (primary N) is 1. The van der Waals surface area contributed by atoms with Crippen LogP contribution in [0.2, 0.25) is 0 Å². The average Bonchev–Trinajstić information content (AvgIpc) is 2.38. The van der Waals surface area contributed by atoms with E-state index in [4.69, 9.17) is 5.73 Å². The molecule has 3 N–H and O–H groups in total. The van der Waals surface area contributed by atoms with Gasteiger partial charge in [0.15, 0.2) is 0 Å². The third-order valence-electron chi connectivity index (χ3n) is 2.87. The van der Waals surface area contributed by atoms with Gasteiger partial charge in [-0.15, -0.1) is 0 Å². The van der Waals surface area contributed by atoms with Crippen molar-refractivity contribution in [2.45, 2.75) is 24.3 Å². The van der Waals surface area contributed by atoms with Crippen molar-refractivity contribution in [3.63, 3.8) is 0 Å². The maximum atomic E-state index is 13.3. The first-order chi connectivity index (χ1) is 9.36. The topological polar surface area (TPSA) is 75.4 Å². The molecule has 0 spiro atoms. The summed E-state index contributed by atoms with van der Waals surface area (Å²) in [5.74, 6) is -0.488. The summed E-state index contributed by atoms with van der Waals surface area (Å²) in [7, 11) is 0.342. The van der Waals surface area contributed by atoms with Gasteiger partial charge in [0.2, 0.25) is 10.0 Å². The maximum absolute atomic E-state index is 13.3. The first-order valence-electron chi connectivity index (χ1n) is 6.49. The molecule has 0 aliphatic heterocycles. The Kier molecular flexibility index (Phi) is 6.54. The van der Waals surface area contributed by atoms with E-state index in [1.807, 2.05) is 19.0 Å².